The van der Waals surface area contributed by atoms with Crippen LogP contribution in [0.1, 0.15) is 5.56 Å². The molecule has 16 heavy (non-hydrogen) atoms. The van der Waals surface area contributed by atoms with Gasteiger partial charge in [0.25, 0.3) is 0 Å². The van der Waals surface area contributed by atoms with Crippen molar-refractivity contribution >= 4 is 17.3 Å². The first kappa shape index (κ1) is 10.8. The fraction of sp³-hybridized carbons (Fsp3) is 0.0833. The summed E-state index contributed by atoms with van der Waals surface area (Å²) >= 11 is 5.93. The molecule has 2 aromatic rings. The number of halogens is 1. The van der Waals surface area contributed by atoms with Gasteiger partial charge in [-0.25, -0.2) is 0 Å². The van der Waals surface area contributed by atoms with Crippen molar-refractivity contribution in [2.45, 2.75) is 6.92 Å². The van der Waals surface area contributed by atoms with E-state index < -0.39 is 0 Å². The van der Waals surface area contributed by atoms with Gasteiger partial charge in [0.1, 0.15) is 16.5 Å². The maximum atomic E-state index is 5.93. The number of hydrogen-bond donors (Lipinski definition) is 1. The van der Waals surface area contributed by atoms with Gasteiger partial charge in [0, 0.05) is 18.5 Å². The van der Waals surface area contributed by atoms with Gasteiger partial charge < -0.3 is 10.5 Å². The van der Waals surface area contributed by atoms with Crippen LogP contribution >= 0.6 is 11.6 Å². The molecule has 0 spiro atoms. The van der Waals surface area contributed by atoms with E-state index in [0.717, 1.165) is 5.56 Å². The lowest BCUT2D eigenvalue weighted by atomic mass is 10.2. The maximum Gasteiger partial charge on any atom is 0.150 e. The fourth-order valence-electron chi connectivity index (χ4n) is 1.32. The molecule has 82 valence electrons. The number of anilines is 1. The molecule has 1 aromatic heterocycles. The Balaban J connectivity index is 2.31. The van der Waals surface area contributed by atoms with Crippen LogP contribution in [-0.2, 0) is 0 Å². The summed E-state index contributed by atoms with van der Waals surface area (Å²) in [6, 6.07) is 7.30. The number of nitrogens with zero attached hydrogens (tertiary/aromatic N) is 1. The number of nitrogen functional groups attached to an aromatic ring is 1. The molecule has 0 amide bonds. The number of ether oxygens (including phenoxy) is 1. The van der Waals surface area contributed by atoms with Crippen molar-refractivity contribution in [2.24, 2.45) is 0 Å². The Kier molecular flexibility index (Phi) is 2.97. The molecule has 0 radical (unpaired) electrons. The van der Waals surface area contributed by atoms with Gasteiger partial charge in [-0.2, -0.15) is 0 Å². The summed E-state index contributed by atoms with van der Waals surface area (Å²) in [7, 11) is 0. The first-order valence-corrected chi connectivity index (χ1v) is 5.18. The number of aromatic nitrogens is 1. The van der Waals surface area contributed by atoms with Crippen molar-refractivity contribution < 1.29 is 4.74 Å². The average molecular weight is 235 g/mol. The number of rotatable bonds is 2. The van der Waals surface area contributed by atoms with E-state index in [1.807, 2.05) is 25.1 Å². The second kappa shape index (κ2) is 4.41. The Morgan fingerprint density at radius 3 is 2.75 bits per heavy atom. The highest BCUT2D eigenvalue weighted by Gasteiger charge is 2.05. The SMILES string of the molecule is Cc1ccc(Oc2ccncc2Cl)c(N)c1. The second-order valence-electron chi connectivity index (χ2n) is 3.45. The summed E-state index contributed by atoms with van der Waals surface area (Å²) in [5.41, 5.74) is 7.51. The molecule has 0 bridgehead atoms. The normalized spacial score (nSPS) is 10.1. The van der Waals surface area contributed by atoms with E-state index in [2.05, 4.69) is 4.98 Å². The van der Waals surface area contributed by atoms with Crippen molar-refractivity contribution in [2.75, 3.05) is 5.73 Å². The summed E-state index contributed by atoms with van der Waals surface area (Å²) in [5.74, 6) is 1.14. The standard InChI is InChI=1S/C12H11ClN2O/c1-8-2-3-12(10(14)6-8)16-11-4-5-15-7-9(11)13/h2-7H,14H2,1H3. The molecule has 2 N–H and O–H groups in total. The first-order chi connectivity index (χ1) is 7.66. The number of pyridine rings is 1. The minimum absolute atomic E-state index is 0.461. The molecule has 1 aromatic carbocycles. The Hall–Kier alpha value is -1.74. The molecule has 0 atom stereocenters. The van der Waals surface area contributed by atoms with Gasteiger partial charge >= 0.3 is 0 Å². The highest BCUT2D eigenvalue weighted by molar-refractivity contribution is 6.31. The van der Waals surface area contributed by atoms with Crippen LogP contribution < -0.4 is 10.5 Å². The molecule has 0 aliphatic rings. The van der Waals surface area contributed by atoms with Crippen LogP contribution in [0.2, 0.25) is 5.02 Å². The van der Waals surface area contributed by atoms with Crippen LogP contribution in [0.3, 0.4) is 0 Å². The zero-order valence-electron chi connectivity index (χ0n) is 8.77. The predicted molar refractivity (Wildman–Crippen MR) is 64.9 cm³/mol. The van der Waals surface area contributed by atoms with Gasteiger partial charge in [-0.15, -0.1) is 0 Å². The maximum absolute atomic E-state index is 5.93. The van der Waals surface area contributed by atoms with Crippen LogP contribution in [0.15, 0.2) is 36.7 Å². The largest absolute Gasteiger partial charge is 0.454 e. The molecular formula is C12H11ClN2O. The summed E-state index contributed by atoms with van der Waals surface area (Å²) in [6.07, 6.45) is 3.15. The van der Waals surface area contributed by atoms with Crippen LogP contribution in [0.5, 0.6) is 11.5 Å². The van der Waals surface area contributed by atoms with E-state index in [0.29, 0.717) is 22.2 Å². The molecular weight excluding hydrogens is 224 g/mol. The number of aryl methyl sites for hydroxylation is 1. The number of benzene rings is 1. The van der Waals surface area contributed by atoms with Gasteiger partial charge in [0.15, 0.2) is 0 Å². The zero-order chi connectivity index (χ0) is 11.5. The van der Waals surface area contributed by atoms with Gasteiger partial charge in [-0.3, -0.25) is 4.98 Å². The Morgan fingerprint density at radius 1 is 1.25 bits per heavy atom. The summed E-state index contributed by atoms with van der Waals surface area (Å²) < 4.78 is 5.60. The summed E-state index contributed by atoms with van der Waals surface area (Å²) in [5, 5.41) is 0.461. The van der Waals surface area contributed by atoms with Gasteiger partial charge in [0.05, 0.1) is 5.69 Å². The predicted octanol–water partition coefficient (Wildman–Crippen LogP) is 3.42. The third-order valence-electron chi connectivity index (χ3n) is 2.12. The molecule has 0 saturated heterocycles. The van der Waals surface area contributed by atoms with Crippen molar-refractivity contribution in [1.82, 2.24) is 4.98 Å². The van der Waals surface area contributed by atoms with E-state index in [-0.39, 0.29) is 0 Å². The van der Waals surface area contributed by atoms with Crippen molar-refractivity contribution in [3.05, 3.63) is 47.2 Å². The topological polar surface area (TPSA) is 48.1 Å². The fourth-order valence-corrected chi connectivity index (χ4v) is 1.48. The summed E-state index contributed by atoms with van der Waals surface area (Å²) in [6.45, 7) is 1.97. The van der Waals surface area contributed by atoms with E-state index in [9.17, 15) is 0 Å². The average Bonchev–Trinajstić information content (AvgIpc) is 2.25. The first-order valence-electron chi connectivity index (χ1n) is 4.80. The van der Waals surface area contributed by atoms with E-state index in [4.69, 9.17) is 22.1 Å². The minimum Gasteiger partial charge on any atom is -0.454 e. The Bertz CT molecular complexity index is 514. The quantitative estimate of drug-likeness (QED) is 0.810. The smallest absolute Gasteiger partial charge is 0.150 e. The Labute approximate surface area is 98.8 Å². The minimum atomic E-state index is 0.461. The van der Waals surface area contributed by atoms with Crippen molar-refractivity contribution in [3.8, 4) is 11.5 Å². The van der Waals surface area contributed by atoms with Gasteiger partial charge in [-0.05, 0) is 24.6 Å². The third kappa shape index (κ3) is 2.25. The lowest BCUT2D eigenvalue weighted by Gasteiger charge is -2.09. The monoisotopic (exact) mass is 234 g/mol. The lowest BCUT2D eigenvalue weighted by molar-refractivity contribution is 0.484. The molecule has 2 rings (SSSR count). The molecule has 3 nitrogen and oxygen atoms in total. The zero-order valence-corrected chi connectivity index (χ0v) is 9.53. The number of hydrogen-bond acceptors (Lipinski definition) is 3. The Morgan fingerprint density at radius 2 is 2.06 bits per heavy atom. The van der Waals surface area contributed by atoms with Gasteiger partial charge in [-0.1, -0.05) is 17.7 Å². The van der Waals surface area contributed by atoms with E-state index >= 15 is 0 Å². The summed E-state index contributed by atoms with van der Waals surface area (Å²) in [4.78, 5) is 3.88. The molecule has 1 heterocycles. The molecule has 0 aliphatic heterocycles. The molecule has 0 saturated carbocycles. The molecule has 0 aliphatic carbocycles. The van der Waals surface area contributed by atoms with Crippen molar-refractivity contribution in [3.63, 3.8) is 0 Å². The molecule has 0 fully saturated rings. The lowest BCUT2D eigenvalue weighted by Crippen LogP contribution is -1.93. The third-order valence-corrected chi connectivity index (χ3v) is 2.40. The van der Waals surface area contributed by atoms with Gasteiger partial charge in [0.2, 0.25) is 0 Å². The van der Waals surface area contributed by atoms with Crippen molar-refractivity contribution in [1.29, 1.82) is 0 Å². The van der Waals surface area contributed by atoms with Crippen LogP contribution in [0.25, 0.3) is 0 Å². The number of nitrogens with two attached hydrogens (primary N) is 1. The highest BCUT2D eigenvalue weighted by Crippen LogP contribution is 2.31. The second-order valence-corrected chi connectivity index (χ2v) is 3.86. The van der Waals surface area contributed by atoms with Crippen LogP contribution in [0.4, 0.5) is 5.69 Å². The van der Waals surface area contributed by atoms with Crippen LogP contribution in [-0.4, -0.2) is 4.98 Å². The molecule has 0 unspecified atom stereocenters. The van der Waals surface area contributed by atoms with E-state index in [1.54, 1.807) is 12.3 Å². The highest BCUT2D eigenvalue weighted by atomic mass is 35.5. The van der Waals surface area contributed by atoms with Crippen LogP contribution in [0, 0.1) is 6.92 Å². The molecule has 4 heteroatoms. The van der Waals surface area contributed by atoms with E-state index in [1.165, 1.54) is 6.20 Å².